The molecule has 1 heterocycles. The first kappa shape index (κ1) is 23.6. The van der Waals surface area contributed by atoms with Gasteiger partial charge in [-0.2, -0.15) is 0 Å². The van der Waals surface area contributed by atoms with Gasteiger partial charge in [0.2, 0.25) is 0 Å². The lowest BCUT2D eigenvalue weighted by atomic mass is 10.2. The highest BCUT2D eigenvalue weighted by molar-refractivity contribution is 7.24. The fraction of sp³-hybridized carbons (Fsp3) is 0.381. The molecule has 0 saturated heterocycles. The summed E-state index contributed by atoms with van der Waals surface area (Å²) >= 11 is 1.67. The van der Waals surface area contributed by atoms with E-state index in [0.717, 1.165) is 20.2 Å². The number of benzene rings is 2. The summed E-state index contributed by atoms with van der Waals surface area (Å²) in [5.74, 6) is 0. The molecule has 1 aromatic heterocycles. The van der Waals surface area contributed by atoms with E-state index in [9.17, 15) is 4.79 Å². The summed E-state index contributed by atoms with van der Waals surface area (Å²) in [6.45, 7) is 16.0. The van der Waals surface area contributed by atoms with E-state index in [-0.39, 0.29) is 5.43 Å². The number of hydrogen-bond donors (Lipinski definition) is 0. The van der Waals surface area contributed by atoms with Crippen molar-refractivity contribution in [2.24, 2.45) is 0 Å². The highest BCUT2D eigenvalue weighted by atomic mass is 32.1. The van der Waals surface area contributed by atoms with Gasteiger partial charge in [-0.1, -0.05) is 79.7 Å². The van der Waals surface area contributed by atoms with Gasteiger partial charge in [0.1, 0.15) is 0 Å². The quantitative estimate of drug-likeness (QED) is 0.389. The van der Waals surface area contributed by atoms with Gasteiger partial charge in [0.25, 0.3) is 0 Å². The molecule has 0 aliphatic rings. The summed E-state index contributed by atoms with van der Waals surface area (Å²) < 4.78 is 2.11. The number of rotatable bonds is 0. The molecule has 0 atom stereocenters. The predicted octanol–water partition coefficient (Wildman–Crippen LogP) is 7.52. The summed E-state index contributed by atoms with van der Waals surface area (Å²) in [6.07, 6.45) is 0. The van der Waals surface area contributed by atoms with Crippen LogP contribution in [0.1, 0.15) is 55.4 Å². The van der Waals surface area contributed by atoms with Crippen molar-refractivity contribution in [2.75, 3.05) is 0 Å². The van der Waals surface area contributed by atoms with E-state index in [2.05, 4.69) is 0 Å². The van der Waals surface area contributed by atoms with Gasteiger partial charge in [0, 0.05) is 20.2 Å². The zero-order chi connectivity index (χ0) is 18.3. The van der Waals surface area contributed by atoms with Crippen molar-refractivity contribution in [3.05, 3.63) is 58.8 Å². The van der Waals surface area contributed by atoms with E-state index >= 15 is 0 Å². The lowest BCUT2D eigenvalue weighted by Crippen LogP contribution is -1.99. The lowest BCUT2D eigenvalue weighted by molar-refractivity contribution is 1.50. The third kappa shape index (κ3) is 6.54. The van der Waals surface area contributed by atoms with E-state index in [0.29, 0.717) is 0 Å². The van der Waals surface area contributed by atoms with Crippen LogP contribution in [0.5, 0.6) is 0 Å². The van der Waals surface area contributed by atoms with E-state index in [1.165, 1.54) is 0 Å². The minimum absolute atomic E-state index is 0.139. The molecular formula is C21H32OS. The van der Waals surface area contributed by atoms with E-state index in [1.54, 1.807) is 11.3 Å². The first-order valence-corrected chi connectivity index (χ1v) is 9.58. The van der Waals surface area contributed by atoms with Crippen LogP contribution in [0.25, 0.3) is 20.2 Å². The normalized spacial score (nSPS) is 8.17. The average molecular weight is 333 g/mol. The van der Waals surface area contributed by atoms with Gasteiger partial charge < -0.3 is 0 Å². The molecular weight excluding hydrogens is 300 g/mol. The third-order valence-electron chi connectivity index (χ3n) is 2.48. The molecule has 2 aromatic carbocycles. The van der Waals surface area contributed by atoms with E-state index in [4.69, 9.17) is 0 Å². The van der Waals surface area contributed by atoms with Crippen molar-refractivity contribution in [2.45, 2.75) is 55.4 Å². The zero-order valence-corrected chi connectivity index (χ0v) is 16.8. The fourth-order valence-corrected chi connectivity index (χ4v) is 2.82. The molecule has 128 valence electrons. The molecule has 0 radical (unpaired) electrons. The van der Waals surface area contributed by atoms with Gasteiger partial charge in [-0.05, 0) is 24.3 Å². The smallest absolute Gasteiger partial charge is 0.195 e. The van der Waals surface area contributed by atoms with Crippen LogP contribution in [0.15, 0.2) is 53.3 Å². The maximum absolute atomic E-state index is 12.1. The molecule has 0 fully saturated rings. The Bertz CT molecular complexity index is 642. The van der Waals surface area contributed by atoms with Crippen LogP contribution in [0.2, 0.25) is 0 Å². The van der Waals surface area contributed by atoms with E-state index in [1.807, 2.05) is 104 Å². The van der Waals surface area contributed by atoms with Crippen molar-refractivity contribution in [3.8, 4) is 0 Å². The van der Waals surface area contributed by atoms with Crippen LogP contribution >= 0.6 is 11.3 Å². The highest BCUT2D eigenvalue weighted by Crippen LogP contribution is 2.23. The second kappa shape index (κ2) is 15.2. The fourth-order valence-electron chi connectivity index (χ4n) is 1.75. The monoisotopic (exact) mass is 332 g/mol. The summed E-state index contributed by atoms with van der Waals surface area (Å²) in [4.78, 5) is 12.1. The SMILES string of the molecule is CC.CC.CC.CC.O=c1c2ccccc2sc2ccccc12. The highest BCUT2D eigenvalue weighted by Gasteiger charge is 2.03. The van der Waals surface area contributed by atoms with Gasteiger partial charge in [-0.25, -0.2) is 0 Å². The Morgan fingerprint density at radius 1 is 0.565 bits per heavy atom. The molecule has 0 unspecified atom stereocenters. The molecule has 0 spiro atoms. The van der Waals surface area contributed by atoms with Crippen LogP contribution in [-0.2, 0) is 0 Å². The predicted molar refractivity (Wildman–Crippen MR) is 111 cm³/mol. The summed E-state index contributed by atoms with van der Waals surface area (Å²) in [5, 5.41) is 1.64. The molecule has 3 aromatic rings. The maximum Gasteiger partial charge on any atom is 0.195 e. The Morgan fingerprint density at radius 3 is 1.22 bits per heavy atom. The van der Waals surface area contributed by atoms with Crippen LogP contribution in [0.4, 0.5) is 0 Å². The minimum atomic E-state index is 0.139. The average Bonchev–Trinajstić information content (AvgIpc) is 2.68. The standard InChI is InChI=1S/C13H8OS.4C2H6/c14-13-9-5-1-3-7-11(9)15-12-8-4-2-6-10(12)13;4*1-2/h1-8H;4*1-2H3. The second-order valence-electron chi connectivity index (χ2n) is 3.42. The summed E-state index contributed by atoms with van der Waals surface area (Å²) in [7, 11) is 0. The Labute approximate surface area is 146 Å². The molecule has 0 saturated carbocycles. The molecule has 0 amide bonds. The molecule has 2 heteroatoms. The van der Waals surface area contributed by atoms with Gasteiger partial charge in [-0.3, -0.25) is 4.79 Å². The molecule has 0 bridgehead atoms. The number of hydrogen-bond acceptors (Lipinski definition) is 2. The largest absolute Gasteiger partial charge is 0.289 e. The zero-order valence-electron chi connectivity index (χ0n) is 15.9. The molecule has 1 nitrogen and oxygen atoms in total. The maximum atomic E-state index is 12.1. The number of fused-ring (bicyclic) bond motifs is 2. The van der Waals surface area contributed by atoms with Crippen molar-refractivity contribution in [1.82, 2.24) is 0 Å². The Balaban J connectivity index is 0. The van der Waals surface area contributed by atoms with Crippen molar-refractivity contribution < 1.29 is 0 Å². The van der Waals surface area contributed by atoms with Crippen LogP contribution in [0, 0.1) is 0 Å². The molecule has 23 heavy (non-hydrogen) atoms. The molecule has 0 aliphatic carbocycles. The third-order valence-corrected chi connectivity index (χ3v) is 3.64. The second-order valence-corrected chi connectivity index (χ2v) is 4.51. The van der Waals surface area contributed by atoms with Gasteiger partial charge in [0.05, 0.1) is 0 Å². The first-order chi connectivity index (χ1) is 11.4. The van der Waals surface area contributed by atoms with Crippen molar-refractivity contribution >= 4 is 31.5 Å². The van der Waals surface area contributed by atoms with Crippen LogP contribution < -0.4 is 5.43 Å². The van der Waals surface area contributed by atoms with Crippen molar-refractivity contribution in [1.29, 1.82) is 0 Å². The van der Waals surface area contributed by atoms with Gasteiger partial charge in [-0.15, -0.1) is 11.3 Å². The van der Waals surface area contributed by atoms with Crippen LogP contribution in [0.3, 0.4) is 0 Å². The van der Waals surface area contributed by atoms with Crippen molar-refractivity contribution in [3.63, 3.8) is 0 Å². The summed E-state index contributed by atoms with van der Waals surface area (Å²) in [6, 6.07) is 15.5. The topological polar surface area (TPSA) is 17.1 Å². The summed E-state index contributed by atoms with van der Waals surface area (Å²) in [5.41, 5.74) is 0.139. The first-order valence-electron chi connectivity index (χ1n) is 8.77. The van der Waals surface area contributed by atoms with E-state index < -0.39 is 0 Å². The minimum Gasteiger partial charge on any atom is -0.289 e. The Kier molecular flexibility index (Phi) is 15.6. The van der Waals surface area contributed by atoms with Crippen LogP contribution in [-0.4, -0.2) is 0 Å². The Hall–Kier alpha value is -1.67. The Morgan fingerprint density at radius 2 is 0.870 bits per heavy atom. The molecule has 0 aliphatic heterocycles. The lowest BCUT2D eigenvalue weighted by Gasteiger charge is -1.99. The van der Waals surface area contributed by atoms with Gasteiger partial charge >= 0.3 is 0 Å². The molecule has 3 rings (SSSR count). The molecule has 0 N–H and O–H groups in total. The van der Waals surface area contributed by atoms with Gasteiger partial charge in [0.15, 0.2) is 5.43 Å².